The maximum absolute atomic E-state index is 8.88. The number of rotatable bonds is 0. The molecule has 9 heteroatoms. The maximum atomic E-state index is 8.88. The topological polar surface area (TPSA) is 141 Å². The molecule has 0 aromatic carbocycles. The van der Waals surface area contributed by atoms with Crippen LogP contribution in [0.2, 0.25) is 0 Å². The van der Waals surface area contributed by atoms with Crippen LogP contribution in [0.5, 0.6) is 0 Å². The van der Waals surface area contributed by atoms with Gasteiger partial charge in [-0.15, -0.1) is 0 Å². The molecule has 6 nitrogen and oxygen atoms in total. The molecule has 0 saturated heterocycles. The predicted molar refractivity (Wildman–Crippen MR) is 28.6 cm³/mol. The van der Waals surface area contributed by atoms with Crippen LogP contribution in [-0.2, 0) is 21.6 Å². The van der Waals surface area contributed by atoms with Crippen molar-refractivity contribution in [2.24, 2.45) is 0 Å². The van der Waals surface area contributed by atoms with Crippen molar-refractivity contribution in [3.8, 4) is 0 Å². The third kappa shape index (κ3) is 355. The van der Waals surface area contributed by atoms with Crippen LogP contribution in [0, 0.1) is 0 Å². The van der Waals surface area contributed by atoms with Gasteiger partial charge in [0.05, 0.1) is 0 Å². The molecule has 0 radical (unpaired) electrons. The summed E-state index contributed by atoms with van der Waals surface area (Å²) in [4.78, 5) is 21.6. The Morgan fingerprint density at radius 3 is 1.00 bits per heavy atom. The van der Waals surface area contributed by atoms with E-state index < -0.39 is 7.82 Å². The standard InChI is InChI=1S/Fe.Li.H3O4P.2H2O.H/c;;1-5(2,3)4;;;/h;;(H3,1,2,3,4);2*1H2;. The zero-order valence-electron chi connectivity index (χ0n) is 3.55. The van der Waals surface area contributed by atoms with E-state index in [2.05, 4.69) is 0 Å². The van der Waals surface area contributed by atoms with E-state index in [4.69, 9.17) is 19.2 Å². The van der Waals surface area contributed by atoms with Gasteiger partial charge in [-0.25, -0.2) is 4.57 Å². The van der Waals surface area contributed by atoms with Gasteiger partial charge in [-0.1, -0.05) is 0 Å². The SMILES string of the molecule is O.O.O=P(O)(O)O.[Fe].[LiH]. The van der Waals surface area contributed by atoms with Gasteiger partial charge in [0.15, 0.2) is 0 Å². The second kappa shape index (κ2) is 11.9. The van der Waals surface area contributed by atoms with Gasteiger partial charge >= 0.3 is 26.7 Å². The molecule has 0 fully saturated rings. The van der Waals surface area contributed by atoms with Crippen LogP contribution in [0.3, 0.4) is 0 Å². The van der Waals surface area contributed by atoms with E-state index in [0.29, 0.717) is 0 Å². The Balaban J connectivity index is -0.0000000133. The van der Waals surface area contributed by atoms with Crippen LogP contribution in [0.25, 0.3) is 0 Å². The molecular formula is H8FeLiO6P. The fraction of sp³-hybridized carbons (Fsp3) is 0. The van der Waals surface area contributed by atoms with E-state index in [9.17, 15) is 0 Å². The van der Waals surface area contributed by atoms with E-state index in [0.717, 1.165) is 0 Å². The van der Waals surface area contributed by atoms with Crippen molar-refractivity contribution in [2.45, 2.75) is 0 Å². The average Bonchev–Trinajstić information content (AvgIpc) is 0.722. The quantitative estimate of drug-likeness (QED) is 0.277. The zero-order valence-corrected chi connectivity index (χ0v) is 5.55. The molecule has 9 heavy (non-hydrogen) atoms. The van der Waals surface area contributed by atoms with Crippen LogP contribution in [-0.4, -0.2) is 44.5 Å². The van der Waals surface area contributed by atoms with Gasteiger partial charge in [0.25, 0.3) is 0 Å². The molecule has 0 unspecified atom stereocenters. The molecule has 0 aromatic heterocycles. The first-order chi connectivity index (χ1) is 2.00. The summed E-state index contributed by atoms with van der Waals surface area (Å²) in [6, 6.07) is 0. The number of phosphoric acid groups is 1. The summed E-state index contributed by atoms with van der Waals surface area (Å²) < 4.78 is 8.88. The molecule has 0 amide bonds. The number of hydrogen-bond acceptors (Lipinski definition) is 1. The van der Waals surface area contributed by atoms with Gasteiger partial charge < -0.3 is 25.6 Å². The van der Waals surface area contributed by atoms with Crippen molar-refractivity contribution in [3.05, 3.63) is 0 Å². The molecule has 0 atom stereocenters. The van der Waals surface area contributed by atoms with Gasteiger partial charge in [0, 0.05) is 17.1 Å². The van der Waals surface area contributed by atoms with Gasteiger partial charge in [0.1, 0.15) is 0 Å². The third-order valence-electron chi connectivity index (χ3n) is 0. The average molecular weight is 198 g/mol. The molecule has 0 bridgehead atoms. The van der Waals surface area contributed by atoms with Crippen molar-refractivity contribution < 1.29 is 47.3 Å². The molecule has 58 valence electrons. The van der Waals surface area contributed by atoms with Crippen molar-refractivity contribution in [1.29, 1.82) is 0 Å². The van der Waals surface area contributed by atoms with Gasteiger partial charge in [-0.2, -0.15) is 0 Å². The first kappa shape index (κ1) is 32.0. The Morgan fingerprint density at radius 1 is 1.00 bits per heavy atom. The summed E-state index contributed by atoms with van der Waals surface area (Å²) in [5.41, 5.74) is 0. The van der Waals surface area contributed by atoms with Crippen molar-refractivity contribution in [3.63, 3.8) is 0 Å². The third-order valence-corrected chi connectivity index (χ3v) is 0. The second-order valence-electron chi connectivity index (χ2n) is 0.513. The van der Waals surface area contributed by atoms with Gasteiger partial charge in [-0.3, -0.25) is 0 Å². The molecule has 0 aliphatic rings. The van der Waals surface area contributed by atoms with E-state index >= 15 is 0 Å². The van der Waals surface area contributed by atoms with Gasteiger partial charge in [0.2, 0.25) is 0 Å². The minimum absolute atomic E-state index is 0. The molecule has 0 aliphatic carbocycles. The molecule has 0 aromatic rings. The number of hydrogen-bond donors (Lipinski definition) is 3. The van der Waals surface area contributed by atoms with Crippen LogP contribution in [0.15, 0.2) is 0 Å². The monoisotopic (exact) mass is 198 g/mol. The summed E-state index contributed by atoms with van der Waals surface area (Å²) in [6.07, 6.45) is 0. The summed E-state index contributed by atoms with van der Waals surface area (Å²) in [6.45, 7) is 0. The molecule has 0 aliphatic heterocycles. The molecule has 0 rings (SSSR count). The Morgan fingerprint density at radius 2 is 1.00 bits per heavy atom. The Kier molecular flexibility index (Phi) is 42.3. The second-order valence-corrected chi connectivity index (χ2v) is 1.54. The van der Waals surface area contributed by atoms with Crippen molar-refractivity contribution in [1.82, 2.24) is 0 Å². The summed E-state index contributed by atoms with van der Waals surface area (Å²) in [7, 11) is -4.64. The summed E-state index contributed by atoms with van der Waals surface area (Å²) in [5.74, 6) is 0. The molecule has 7 N–H and O–H groups in total. The van der Waals surface area contributed by atoms with Crippen LogP contribution < -0.4 is 0 Å². The molecule has 0 spiro atoms. The van der Waals surface area contributed by atoms with E-state index in [1.54, 1.807) is 0 Å². The Labute approximate surface area is 74.2 Å². The van der Waals surface area contributed by atoms with E-state index in [1.165, 1.54) is 0 Å². The Bertz CT molecular complexity index is 59.2. The normalized spacial score (nSPS) is 6.56. The van der Waals surface area contributed by atoms with E-state index in [1.807, 2.05) is 0 Å². The van der Waals surface area contributed by atoms with Crippen LogP contribution in [0.1, 0.15) is 0 Å². The van der Waals surface area contributed by atoms with E-state index in [-0.39, 0.29) is 46.9 Å². The first-order valence-corrected chi connectivity index (χ1v) is 2.35. The minimum atomic E-state index is -4.64. The van der Waals surface area contributed by atoms with Gasteiger partial charge in [-0.05, 0) is 0 Å². The van der Waals surface area contributed by atoms with Crippen molar-refractivity contribution in [2.75, 3.05) is 0 Å². The summed E-state index contributed by atoms with van der Waals surface area (Å²) in [5, 5.41) is 0. The van der Waals surface area contributed by atoms with Crippen LogP contribution >= 0.6 is 7.82 Å². The fourth-order valence-corrected chi connectivity index (χ4v) is 0. The zero-order chi connectivity index (χ0) is 4.50. The van der Waals surface area contributed by atoms with Crippen LogP contribution in [0.4, 0.5) is 0 Å². The first-order valence-electron chi connectivity index (χ1n) is 0.783. The Hall–Kier alpha value is 1.15. The molecule has 0 heterocycles. The fourth-order valence-electron chi connectivity index (χ4n) is 0. The van der Waals surface area contributed by atoms with Crippen molar-refractivity contribution >= 4 is 26.7 Å². The summed E-state index contributed by atoms with van der Waals surface area (Å²) >= 11 is 0. The molecular weight excluding hydrogens is 190 g/mol. The predicted octanol–water partition coefficient (Wildman–Crippen LogP) is -3.23. The molecule has 0 saturated carbocycles.